The van der Waals surface area contributed by atoms with Crippen molar-refractivity contribution < 1.29 is 13.6 Å². The van der Waals surface area contributed by atoms with Crippen molar-refractivity contribution in [2.45, 2.75) is 5.16 Å². The normalized spacial score (nSPS) is 10.8. The second-order valence-corrected chi connectivity index (χ2v) is 7.83. The average molecular weight is 435 g/mol. The fourth-order valence-corrected chi connectivity index (χ4v) is 3.79. The van der Waals surface area contributed by atoms with Crippen LogP contribution < -0.4 is 5.32 Å². The zero-order chi connectivity index (χ0) is 21.6. The van der Waals surface area contributed by atoms with Crippen LogP contribution in [0.3, 0.4) is 0 Å². The molecule has 0 fully saturated rings. The van der Waals surface area contributed by atoms with E-state index in [1.54, 1.807) is 36.4 Å². The number of imidazole rings is 1. The standard InChI is InChI=1S/C24H19F2N3OS/c25-19-10-6-16(7-11-19)21-22(17-8-12-20(26)13-9-17)29-24(28-21)31-15-14-27-23(30)18-4-2-1-3-5-18/h1-13H,14-15H2,(H,27,30)(H,28,29). The molecule has 4 rings (SSSR count). The molecule has 0 saturated carbocycles. The smallest absolute Gasteiger partial charge is 0.251 e. The van der Waals surface area contributed by atoms with Gasteiger partial charge < -0.3 is 10.3 Å². The molecule has 2 N–H and O–H groups in total. The Labute approximate surface area is 182 Å². The summed E-state index contributed by atoms with van der Waals surface area (Å²) in [4.78, 5) is 20.1. The van der Waals surface area contributed by atoms with Crippen LogP contribution in [0.5, 0.6) is 0 Å². The second-order valence-electron chi connectivity index (χ2n) is 6.75. The summed E-state index contributed by atoms with van der Waals surface area (Å²) in [5.41, 5.74) is 3.52. The van der Waals surface area contributed by atoms with E-state index in [-0.39, 0.29) is 17.5 Å². The lowest BCUT2D eigenvalue weighted by Gasteiger charge is -2.04. The highest BCUT2D eigenvalue weighted by atomic mass is 32.2. The number of amides is 1. The molecule has 0 atom stereocenters. The summed E-state index contributed by atoms with van der Waals surface area (Å²) in [6.07, 6.45) is 0. The van der Waals surface area contributed by atoms with Crippen molar-refractivity contribution in [1.29, 1.82) is 0 Å². The van der Waals surface area contributed by atoms with E-state index in [9.17, 15) is 13.6 Å². The average Bonchev–Trinajstić information content (AvgIpc) is 3.22. The third-order valence-corrected chi connectivity index (χ3v) is 5.47. The van der Waals surface area contributed by atoms with Crippen LogP contribution in [-0.2, 0) is 0 Å². The maximum absolute atomic E-state index is 13.4. The maximum Gasteiger partial charge on any atom is 0.251 e. The van der Waals surface area contributed by atoms with Gasteiger partial charge in [0.2, 0.25) is 0 Å². The number of thioether (sulfide) groups is 1. The number of rotatable bonds is 7. The van der Waals surface area contributed by atoms with Crippen LogP contribution >= 0.6 is 11.8 Å². The number of carbonyl (C=O) groups excluding carboxylic acids is 1. The predicted octanol–water partition coefficient (Wildman–Crippen LogP) is 5.54. The lowest BCUT2D eigenvalue weighted by Crippen LogP contribution is -2.25. The van der Waals surface area contributed by atoms with Crippen molar-refractivity contribution >= 4 is 17.7 Å². The molecule has 0 spiro atoms. The first-order chi connectivity index (χ1) is 15.1. The number of benzene rings is 3. The Morgan fingerprint density at radius 1 is 0.871 bits per heavy atom. The molecular formula is C24H19F2N3OS. The Balaban J connectivity index is 1.49. The fourth-order valence-electron chi connectivity index (χ4n) is 3.07. The molecule has 0 aliphatic rings. The van der Waals surface area contributed by atoms with Gasteiger partial charge in [-0.15, -0.1) is 0 Å². The molecule has 0 aliphatic carbocycles. The van der Waals surface area contributed by atoms with Gasteiger partial charge in [0.15, 0.2) is 5.16 Å². The van der Waals surface area contributed by atoms with E-state index in [0.29, 0.717) is 28.7 Å². The van der Waals surface area contributed by atoms with Crippen LogP contribution in [0.15, 0.2) is 84.0 Å². The lowest BCUT2D eigenvalue weighted by atomic mass is 10.1. The Morgan fingerprint density at radius 2 is 1.48 bits per heavy atom. The number of aromatic amines is 1. The van der Waals surface area contributed by atoms with E-state index in [1.165, 1.54) is 36.0 Å². The zero-order valence-electron chi connectivity index (χ0n) is 16.4. The van der Waals surface area contributed by atoms with Crippen molar-refractivity contribution in [3.63, 3.8) is 0 Å². The minimum absolute atomic E-state index is 0.125. The molecule has 0 unspecified atom stereocenters. The summed E-state index contributed by atoms with van der Waals surface area (Å²) in [6, 6.07) is 21.2. The summed E-state index contributed by atoms with van der Waals surface area (Å²) < 4.78 is 26.7. The zero-order valence-corrected chi connectivity index (χ0v) is 17.3. The largest absolute Gasteiger partial charge is 0.351 e. The van der Waals surface area contributed by atoms with Crippen molar-refractivity contribution in [3.05, 3.63) is 96.1 Å². The predicted molar refractivity (Wildman–Crippen MR) is 119 cm³/mol. The van der Waals surface area contributed by atoms with Crippen molar-refractivity contribution in [2.75, 3.05) is 12.3 Å². The first kappa shape index (κ1) is 20.8. The molecular weight excluding hydrogens is 416 g/mol. The fraction of sp³-hybridized carbons (Fsp3) is 0.0833. The Morgan fingerprint density at radius 3 is 2.13 bits per heavy atom. The van der Waals surface area contributed by atoms with Gasteiger partial charge in [-0.05, 0) is 60.7 Å². The van der Waals surface area contributed by atoms with Gasteiger partial charge in [0.25, 0.3) is 5.91 Å². The number of H-pyrrole nitrogens is 1. The van der Waals surface area contributed by atoms with Crippen molar-refractivity contribution in [1.82, 2.24) is 15.3 Å². The van der Waals surface area contributed by atoms with Gasteiger partial charge in [0.1, 0.15) is 11.6 Å². The van der Waals surface area contributed by atoms with Crippen LogP contribution in [0.25, 0.3) is 22.5 Å². The molecule has 0 bridgehead atoms. The number of aromatic nitrogens is 2. The molecule has 31 heavy (non-hydrogen) atoms. The number of hydrogen-bond donors (Lipinski definition) is 2. The quantitative estimate of drug-likeness (QED) is 0.296. The van der Waals surface area contributed by atoms with Gasteiger partial charge in [-0.25, -0.2) is 13.8 Å². The number of halogens is 2. The van der Waals surface area contributed by atoms with Crippen molar-refractivity contribution in [2.24, 2.45) is 0 Å². The molecule has 1 amide bonds. The SMILES string of the molecule is O=C(NCCSc1nc(-c2ccc(F)cc2)c(-c2ccc(F)cc2)[nH]1)c1ccccc1. The molecule has 0 radical (unpaired) electrons. The lowest BCUT2D eigenvalue weighted by molar-refractivity contribution is 0.0956. The molecule has 4 aromatic rings. The number of carbonyl (C=O) groups is 1. The van der Waals surface area contributed by atoms with Crippen molar-refractivity contribution in [3.8, 4) is 22.5 Å². The highest BCUT2D eigenvalue weighted by Gasteiger charge is 2.15. The second kappa shape index (κ2) is 9.57. The molecule has 4 nitrogen and oxygen atoms in total. The van der Waals surface area contributed by atoms with Gasteiger partial charge >= 0.3 is 0 Å². The molecule has 156 valence electrons. The van der Waals surface area contributed by atoms with Crippen LogP contribution in [0.2, 0.25) is 0 Å². The first-order valence-corrected chi connectivity index (χ1v) is 10.7. The summed E-state index contributed by atoms with van der Waals surface area (Å²) in [7, 11) is 0. The van der Waals surface area contributed by atoms with Crippen LogP contribution in [0, 0.1) is 11.6 Å². The molecule has 0 aliphatic heterocycles. The van der Waals surface area contributed by atoms with Gasteiger partial charge in [0.05, 0.1) is 11.4 Å². The first-order valence-electron chi connectivity index (χ1n) is 9.68. The number of nitrogens with one attached hydrogen (secondary N) is 2. The minimum Gasteiger partial charge on any atom is -0.351 e. The third-order valence-electron chi connectivity index (χ3n) is 4.60. The van der Waals surface area contributed by atoms with Crippen LogP contribution in [0.4, 0.5) is 8.78 Å². The Bertz CT molecular complexity index is 1100. The summed E-state index contributed by atoms with van der Waals surface area (Å²) in [6.45, 7) is 0.469. The van der Waals surface area contributed by atoms with E-state index < -0.39 is 0 Å². The van der Waals surface area contributed by atoms with Crippen LogP contribution in [-0.4, -0.2) is 28.2 Å². The minimum atomic E-state index is -0.327. The molecule has 0 saturated heterocycles. The van der Waals surface area contributed by atoms with Gasteiger partial charge in [-0.3, -0.25) is 4.79 Å². The maximum atomic E-state index is 13.4. The van der Waals surface area contributed by atoms with Gasteiger partial charge in [-0.2, -0.15) is 0 Å². The number of nitrogens with zero attached hydrogens (tertiary/aromatic N) is 1. The monoisotopic (exact) mass is 435 g/mol. The molecule has 1 heterocycles. The molecule has 1 aromatic heterocycles. The van der Waals surface area contributed by atoms with Crippen LogP contribution in [0.1, 0.15) is 10.4 Å². The van der Waals surface area contributed by atoms with E-state index >= 15 is 0 Å². The highest BCUT2D eigenvalue weighted by molar-refractivity contribution is 7.99. The van der Waals surface area contributed by atoms with E-state index in [2.05, 4.69) is 15.3 Å². The van der Waals surface area contributed by atoms with E-state index in [1.807, 2.05) is 18.2 Å². The Kier molecular flexibility index (Phi) is 6.43. The third kappa shape index (κ3) is 5.19. The summed E-state index contributed by atoms with van der Waals surface area (Å²) in [5, 5.41) is 3.54. The van der Waals surface area contributed by atoms with Gasteiger partial charge in [0, 0.05) is 29.0 Å². The number of hydrogen-bond acceptors (Lipinski definition) is 3. The summed E-state index contributed by atoms with van der Waals surface area (Å²) in [5.74, 6) is -0.168. The molecule has 7 heteroatoms. The summed E-state index contributed by atoms with van der Waals surface area (Å²) >= 11 is 1.46. The highest BCUT2D eigenvalue weighted by Crippen LogP contribution is 2.32. The van der Waals surface area contributed by atoms with E-state index in [4.69, 9.17) is 0 Å². The van der Waals surface area contributed by atoms with Gasteiger partial charge in [-0.1, -0.05) is 30.0 Å². The molecule has 3 aromatic carbocycles. The van der Waals surface area contributed by atoms with E-state index in [0.717, 1.165) is 16.8 Å². The Hall–Kier alpha value is -3.45. The topological polar surface area (TPSA) is 57.8 Å².